The van der Waals surface area contributed by atoms with Gasteiger partial charge < -0.3 is 5.32 Å². The molecule has 0 aliphatic carbocycles. The van der Waals surface area contributed by atoms with Gasteiger partial charge in [0, 0.05) is 10.6 Å². The van der Waals surface area contributed by atoms with E-state index >= 15 is 0 Å². The lowest BCUT2D eigenvalue weighted by Gasteiger charge is -2.09. The number of anilines is 1. The number of fused-ring (bicyclic) bond motifs is 1. The monoisotopic (exact) mass is 315 g/mol. The maximum Gasteiger partial charge on any atom is 0.256 e. The molecule has 2 nitrogen and oxygen atoms in total. The van der Waals surface area contributed by atoms with Crippen molar-refractivity contribution < 1.29 is 4.79 Å². The normalized spacial score (nSPS) is 10.6. The standard InChI is InChI=1S/C17H11Cl2NO/c18-12-8-9-15(19)16(10-12)20-17(21)14-7-3-5-11-4-1-2-6-13(11)14/h1-10H,(H,20,21). The second kappa shape index (κ2) is 5.76. The van der Waals surface area contributed by atoms with E-state index in [2.05, 4.69) is 5.32 Å². The highest BCUT2D eigenvalue weighted by molar-refractivity contribution is 6.36. The summed E-state index contributed by atoms with van der Waals surface area (Å²) in [7, 11) is 0. The Morgan fingerprint density at radius 1 is 0.905 bits per heavy atom. The Kier molecular flexibility index (Phi) is 3.82. The van der Waals surface area contributed by atoms with Crippen molar-refractivity contribution in [3.05, 3.63) is 76.3 Å². The van der Waals surface area contributed by atoms with Gasteiger partial charge in [-0.25, -0.2) is 0 Å². The van der Waals surface area contributed by atoms with Crippen molar-refractivity contribution in [2.24, 2.45) is 0 Å². The van der Waals surface area contributed by atoms with Gasteiger partial charge in [0.25, 0.3) is 5.91 Å². The molecule has 0 aromatic heterocycles. The van der Waals surface area contributed by atoms with Gasteiger partial charge in [-0.05, 0) is 35.0 Å². The maximum absolute atomic E-state index is 12.5. The van der Waals surface area contributed by atoms with Crippen molar-refractivity contribution in [3.8, 4) is 0 Å². The van der Waals surface area contributed by atoms with Crippen LogP contribution in [0.2, 0.25) is 10.0 Å². The molecule has 0 aliphatic rings. The van der Waals surface area contributed by atoms with Gasteiger partial charge in [-0.15, -0.1) is 0 Å². The molecule has 0 saturated heterocycles. The van der Waals surface area contributed by atoms with Crippen molar-refractivity contribution >= 4 is 45.6 Å². The lowest BCUT2D eigenvalue weighted by Crippen LogP contribution is -2.12. The van der Waals surface area contributed by atoms with Crippen LogP contribution < -0.4 is 5.32 Å². The van der Waals surface area contributed by atoms with Crippen molar-refractivity contribution in [2.45, 2.75) is 0 Å². The zero-order valence-corrected chi connectivity index (χ0v) is 12.4. The van der Waals surface area contributed by atoms with Gasteiger partial charge in [-0.1, -0.05) is 59.6 Å². The summed E-state index contributed by atoms with van der Waals surface area (Å²) in [5, 5.41) is 5.69. The summed E-state index contributed by atoms with van der Waals surface area (Å²) in [5.74, 6) is -0.212. The molecule has 0 atom stereocenters. The number of halogens is 2. The third-order valence-corrected chi connectivity index (χ3v) is 3.78. The molecular weight excluding hydrogens is 305 g/mol. The minimum absolute atomic E-state index is 0.212. The van der Waals surface area contributed by atoms with Crippen LogP contribution in [0.25, 0.3) is 10.8 Å². The van der Waals surface area contributed by atoms with Gasteiger partial charge in [-0.3, -0.25) is 4.79 Å². The Morgan fingerprint density at radius 2 is 1.67 bits per heavy atom. The Hall–Kier alpha value is -2.03. The number of carbonyl (C=O) groups is 1. The highest BCUT2D eigenvalue weighted by Gasteiger charge is 2.11. The number of benzene rings is 3. The summed E-state index contributed by atoms with van der Waals surface area (Å²) in [6, 6.07) is 18.3. The van der Waals surface area contributed by atoms with Crippen LogP contribution in [-0.4, -0.2) is 5.91 Å². The molecular formula is C17H11Cl2NO. The van der Waals surface area contributed by atoms with E-state index in [1.54, 1.807) is 24.3 Å². The number of rotatable bonds is 2. The van der Waals surface area contributed by atoms with Gasteiger partial charge in [0.2, 0.25) is 0 Å². The highest BCUT2D eigenvalue weighted by Crippen LogP contribution is 2.27. The van der Waals surface area contributed by atoms with Crippen molar-refractivity contribution in [1.29, 1.82) is 0 Å². The predicted molar refractivity (Wildman–Crippen MR) is 88.4 cm³/mol. The first-order valence-electron chi connectivity index (χ1n) is 6.39. The average molecular weight is 316 g/mol. The molecule has 0 radical (unpaired) electrons. The highest BCUT2D eigenvalue weighted by atomic mass is 35.5. The Morgan fingerprint density at radius 3 is 2.52 bits per heavy atom. The van der Waals surface area contributed by atoms with E-state index in [4.69, 9.17) is 23.2 Å². The third kappa shape index (κ3) is 2.87. The molecule has 3 aromatic rings. The summed E-state index contributed by atoms with van der Waals surface area (Å²) in [5.41, 5.74) is 1.10. The van der Waals surface area contributed by atoms with Gasteiger partial charge in [-0.2, -0.15) is 0 Å². The quantitative estimate of drug-likeness (QED) is 0.674. The molecule has 104 valence electrons. The molecule has 0 heterocycles. The number of nitrogens with one attached hydrogen (secondary N) is 1. The summed E-state index contributed by atoms with van der Waals surface area (Å²) >= 11 is 12.0. The number of amides is 1. The summed E-state index contributed by atoms with van der Waals surface area (Å²) in [6.07, 6.45) is 0. The Bertz CT molecular complexity index is 825. The average Bonchev–Trinajstić information content (AvgIpc) is 2.50. The van der Waals surface area contributed by atoms with Crippen molar-refractivity contribution in [2.75, 3.05) is 5.32 Å². The van der Waals surface area contributed by atoms with Gasteiger partial charge in [0.15, 0.2) is 0 Å². The molecule has 0 spiro atoms. The first-order valence-corrected chi connectivity index (χ1v) is 7.15. The van der Waals surface area contributed by atoms with Crippen LogP contribution in [0.3, 0.4) is 0 Å². The molecule has 0 bridgehead atoms. The van der Waals surface area contributed by atoms with Crippen LogP contribution in [0, 0.1) is 0 Å². The largest absolute Gasteiger partial charge is 0.321 e. The molecule has 3 rings (SSSR count). The van der Waals surface area contributed by atoms with Crippen LogP contribution in [-0.2, 0) is 0 Å². The Balaban J connectivity index is 1.99. The lowest BCUT2D eigenvalue weighted by atomic mass is 10.0. The molecule has 0 fully saturated rings. The molecule has 21 heavy (non-hydrogen) atoms. The van der Waals surface area contributed by atoms with E-state index in [0.717, 1.165) is 10.8 Å². The molecule has 1 amide bonds. The van der Waals surface area contributed by atoms with Crippen molar-refractivity contribution in [3.63, 3.8) is 0 Å². The SMILES string of the molecule is O=C(Nc1cc(Cl)ccc1Cl)c1cccc2ccccc12. The lowest BCUT2D eigenvalue weighted by molar-refractivity contribution is 0.102. The smallest absolute Gasteiger partial charge is 0.256 e. The fourth-order valence-corrected chi connectivity index (χ4v) is 2.54. The summed E-state index contributed by atoms with van der Waals surface area (Å²) in [4.78, 5) is 12.5. The van der Waals surface area contributed by atoms with Crippen LogP contribution in [0.5, 0.6) is 0 Å². The molecule has 0 saturated carbocycles. The van der Waals surface area contributed by atoms with E-state index in [0.29, 0.717) is 21.3 Å². The molecule has 1 N–H and O–H groups in total. The van der Waals surface area contributed by atoms with E-state index in [1.807, 2.05) is 36.4 Å². The second-order valence-corrected chi connectivity index (χ2v) is 5.45. The van der Waals surface area contributed by atoms with Crippen LogP contribution >= 0.6 is 23.2 Å². The van der Waals surface area contributed by atoms with Crippen molar-refractivity contribution in [1.82, 2.24) is 0 Å². The van der Waals surface area contributed by atoms with E-state index in [-0.39, 0.29) is 5.91 Å². The maximum atomic E-state index is 12.5. The fraction of sp³-hybridized carbons (Fsp3) is 0. The van der Waals surface area contributed by atoms with Gasteiger partial charge in [0.1, 0.15) is 0 Å². The molecule has 3 aromatic carbocycles. The molecule has 0 aliphatic heterocycles. The first kappa shape index (κ1) is 13.9. The number of carbonyl (C=O) groups excluding carboxylic acids is 1. The van der Waals surface area contributed by atoms with Crippen LogP contribution in [0.4, 0.5) is 5.69 Å². The molecule has 4 heteroatoms. The van der Waals surface area contributed by atoms with E-state index < -0.39 is 0 Å². The van der Waals surface area contributed by atoms with Crippen LogP contribution in [0.15, 0.2) is 60.7 Å². The van der Waals surface area contributed by atoms with Gasteiger partial charge in [0.05, 0.1) is 10.7 Å². The minimum Gasteiger partial charge on any atom is -0.321 e. The number of hydrogen-bond donors (Lipinski definition) is 1. The van der Waals surface area contributed by atoms with E-state index in [9.17, 15) is 4.79 Å². The summed E-state index contributed by atoms with van der Waals surface area (Å²) < 4.78 is 0. The zero-order valence-electron chi connectivity index (χ0n) is 10.9. The summed E-state index contributed by atoms with van der Waals surface area (Å²) in [6.45, 7) is 0. The van der Waals surface area contributed by atoms with E-state index in [1.165, 1.54) is 0 Å². The minimum atomic E-state index is -0.212. The van der Waals surface area contributed by atoms with Crippen LogP contribution in [0.1, 0.15) is 10.4 Å². The second-order valence-electron chi connectivity index (χ2n) is 4.61. The zero-order chi connectivity index (χ0) is 14.8. The molecule has 0 unspecified atom stereocenters. The first-order chi connectivity index (χ1) is 10.1. The topological polar surface area (TPSA) is 29.1 Å². The predicted octanol–water partition coefficient (Wildman–Crippen LogP) is 5.40. The Labute approximate surface area is 132 Å². The fourth-order valence-electron chi connectivity index (χ4n) is 2.21. The number of hydrogen-bond acceptors (Lipinski definition) is 1. The van der Waals surface area contributed by atoms with Gasteiger partial charge >= 0.3 is 0 Å². The third-order valence-electron chi connectivity index (χ3n) is 3.21.